The van der Waals surface area contributed by atoms with Crippen LogP contribution in [0.25, 0.3) is 33.3 Å². The van der Waals surface area contributed by atoms with Crippen LogP contribution >= 0.6 is 0 Å². The fraction of sp³-hybridized carbons (Fsp3) is 0.138. The Morgan fingerprint density at radius 2 is 1.75 bits per heavy atom. The number of nitrogens with zero attached hydrogens (tertiary/aromatic N) is 2. The first-order valence-electron chi connectivity index (χ1n) is 12.2. The highest BCUT2D eigenvalue weighted by Gasteiger charge is 2.31. The van der Waals surface area contributed by atoms with Crippen molar-refractivity contribution in [2.75, 3.05) is 5.32 Å². The number of halogens is 5. The van der Waals surface area contributed by atoms with Gasteiger partial charge in [0.25, 0.3) is 5.56 Å². The number of fused-ring (bicyclic) bond motifs is 1. The molecule has 0 aliphatic heterocycles. The molecule has 6 nitrogen and oxygen atoms in total. The maximum absolute atomic E-state index is 15.0. The molecule has 5 rings (SSSR count). The molecule has 3 aromatic heterocycles. The molecule has 0 spiro atoms. The molecule has 40 heavy (non-hydrogen) atoms. The Hall–Kier alpha value is -4.80. The molecule has 0 aliphatic carbocycles. The van der Waals surface area contributed by atoms with Crippen LogP contribution in [-0.2, 0) is 17.5 Å². The summed E-state index contributed by atoms with van der Waals surface area (Å²) in [5.41, 5.74) is 0.456. The van der Waals surface area contributed by atoms with Gasteiger partial charge in [0.15, 0.2) is 0 Å². The number of H-pyrrole nitrogens is 1. The molecule has 0 bridgehead atoms. The van der Waals surface area contributed by atoms with Crippen LogP contribution in [0.15, 0.2) is 77.9 Å². The van der Waals surface area contributed by atoms with E-state index < -0.39 is 28.9 Å². The third-order valence-corrected chi connectivity index (χ3v) is 6.45. The molecule has 2 aromatic carbocycles. The number of alkyl halides is 3. The number of hydrogen-bond acceptors (Lipinski definition) is 3. The number of rotatable bonds is 6. The standard InChI is InChI=1S/C29H21F5N4O2/c1-2-24(39)37-23-13-17(9-11-35-23)27-25(16-4-7-20(30)8-5-16)26-22(10-12-36-28(26)40)38(27)15-18-3-6-19(14-21(18)31)29(32,33)34/h3-14H,2,15H2,1H3,(H,36,40)(H,35,37,39). The number of anilines is 1. The molecule has 0 fully saturated rings. The number of benzene rings is 2. The predicted molar refractivity (Wildman–Crippen MR) is 141 cm³/mol. The number of carbonyl (C=O) groups excluding carboxylic acids is 1. The van der Waals surface area contributed by atoms with Crippen LogP contribution in [0.3, 0.4) is 0 Å². The monoisotopic (exact) mass is 552 g/mol. The van der Waals surface area contributed by atoms with Crippen LogP contribution in [0, 0.1) is 11.6 Å². The van der Waals surface area contributed by atoms with Gasteiger partial charge in [0.1, 0.15) is 17.5 Å². The zero-order valence-corrected chi connectivity index (χ0v) is 20.9. The number of carbonyl (C=O) groups is 1. The SMILES string of the molecule is CCC(=O)Nc1cc(-c2c(-c3ccc(F)cc3)c3c(=O)[nH]ccc3n2Cc2ccc(C(F)(F)F)cc2F)ccn1. The van der Waals surface area contributed by atoms with E-state index in [2.05, 4.69) is 15.3 Å². The van der Waals surface area contributed by atoms with Crippen LogP contribution in [0.2, 0.25) is 0 Å². The predicted octanol–water partition coefficient (Wildman–Crippen LogP) is 6.75. The Kier molecular flexibility index (Phi) is 6.97. The van der Waals surface area contributed by atoms with Gasteiger partial charge in [-0.05, 0) is 48.0 Å². The van der Waals surface area contributed by atoms with Gasteiger partial charge in [-0.3, -0.25) is 9.59 Å². The van der Waals surface area contributed by atoms with E-state index in [1.807, 2.05) is 0 Å². The van der Waals surface area contributed by atoms with Crippen LogP contribution in [0.5, 0.6) is 0 Å². The molecule has 0 unspecified atom stereocenters. The average molecular weight is 553 g/mol. The Balaban J connectivity index is 1.80. The molecule has 0 atom stereocenters. The largest absolute Gasteiger partial charge is 0.416 e. The summed E-state index contributed by atoms with van der Waals surface area (Å²) in [4.78, 5) is 32.0. The second-order valence-electron chi connectivity index (χ2n) is 9.02. The van der Waals surface area contributed by atoms with Gasteiger partial charge in [0.2, 0.25) is 5.91 Å². The number of pyridine rings is 2. The van der Waals surface area contributed by atoms with Crippen LogP contribution in [-0.4, -0.2) is 20.4 Å². The van der Waals surface area contributed by atoms with Gasteiger partial charge in [-0.25, -0.2) is 13.8 Å². The van der Waals surface area contributed by atoms with E-state index in [0.29, 0.717) is 34.0 Å². The first-order chi connectivity index (χ1) is 19.1. The van der Waals surface area contributed by atoms with Gasteiger partial charge >= 0.3 is 6.18 Å². The lowest BCUT2D eigenvalue weighted by molar-refractivity contribution is -0.137. The summed E-state index contributed by atoms with van der Waals surface area (Å²) in [5, 5.41) is 2.88. The highest BCUT2D eigenvalue weighted by atomic mass is 19.4. The first-order valence-corrected chi connectivity index (χ1v) is 12.2. The van der Waals surface area contributed by atoms with E-state index >= 15 is 4.39 Å². The quantitative estimate of drug-likeness (QED) is 0.229. The Bertz CT molecular complexity index is 1790. The van der Waals surface area contributed by atoms with Crippen molar-refractivity contribution < 1.29 is 26.7 Å². The second-order valence-corrected chi connectivity index (χ2v) is 9.02. The number of nitrogens with one attached hydrogen (secondary N) is 2. The molecule has 0 saturated heterocycles. The molecule has 1 amide bonds. The van der Waals surface area contributed by atoms with E-state index in [-0.39, 0.29) is 35.6 Å². The molecular weight excluding hydrogens is 531 g/mol. The van der Waals surface area contributed by atoms with Crippen LogP contribution in [0.4, 0.5) is 27.8 Å². The molecule has 0 radical (unpaired) electrons. The number of aromatic nitrogens is 3. The van der Waals surface area contributed by atoms with Crippen LogP contribution < -0.4 is 10.9 Å². The topological polar surface area (TPSA) is 79.8 Å². The molecule has 11 heteroatoms. The smallest absolute Gasteiger partial charge is 0.335 e. The summed E-state index contributed by atoms with van der Waals surface area (Å²) in [6, 6.07) is 12.5. The van der Waals surface area contributed by atoms with Crippen molar-refractivity contribution in [3.8, 4) is 22.4 Å². The van der Waals surface area contributed by atoms with Crippen molar-refractivity contribution in [1.82, 2.24) is 14.5 Å². The summed E-state index contributed by atoms with van der Waals surface area (Å²) >= 11 is 0. The summed E-state index contributed by atoms with van der Waals surface area (Å²) in [6.07, 6.45) is -1.67. The van der Waals surface area contributed by atoms with Gasteiger partial charge in [0, 0.05) is 35.5 Å². The van der Waals surface area contributed by atoms with Crippen molar-refractivity contribution in [3.63, 3.8) is 0 Å². The van der Waals surface area contributed by atoms with Crippen LogP contribution in [0.1, 0.15) is 24.5 Å². The van der Waals surface area contributed by atoms with Crippen molar-refractivity contribution in [2.45, 2.75) is 26.1 Å². The van der Waals surface area contributed by atoms with Crippen molar-refractivity contribution in [3.05, 3.63) is 106 Å². The minimum Gasteiger partial charge on any atom is -0.335 e. The highest BCUT2D eigenvalue weighted by molar-refractivity contribution is 6.04. The molecule has 204 valence electrons. The summed E-state index contributed by atoms with van der Waals surface area (Å²) in [5.74, 6) is -1.63. The van der Waals surface area contributed by atoms with Crippen molar-refractivity contribution in [2.24, 2.45) is 0 Å². The van der Waals surface area contributed by atoms with Gasteiger partial charge < -0.3 is 14.9 Å². The van der Waals surface area contributed by atoms with Crippen molar-refractivity contribution in [1.29, 1.82) is 0 Å². The number of hydrogen-bond donors (Lipinski definition) is 2. The third-order valence-electron chi connectivity index (χ3n) is 6.45. The zero-order chi connectivity index (χ0) is 28.6. The summed E-state index contributed by atoms with van der Waals surface area (Å²) < 4.78 is 70.0. The molecule has 5 aromatic rings. The van der Waals surface area contributed by atoms with E-state index in [0.717, 1.165) is 12.1 Å². The lowest BCUT2D eigenvalue weighted by atomic mass is 9.99. The Morgan fingerprint density at radius 3 is 2.42 bits per heavy atom. The van der Waals surface area contributed by atoms with E-state index in [1.165, 1.54) is 36.7 Å². The lowest BCUT2D eigenvalue weighted by Crippen LogP contribution is -2.11. The average Bonchev–Trinajstić information content (AvgIpc) is 3.25. The maximum atomic E-state index is 15.0. The molecular formula is C29H21F5N4O2. The minimum atomic E-state index is -4.72. The molecule has 0 aliphatic rings. The molecule has 2 N–H and O–H groups in total. The Morgan fingerprint density at radius 1 is 1.00 bits per heavy atom. The molecule has 3 heterocycles. The van der Waals surface area contributed by atoms with E-state index in [1.54, 1.807) is 29.7 Å². The van der Waals surface area contributed by atoms with Gasteiger partial charge in [-0.2, -0.15) is 13.2 Å². The maximum Gasteiger partial charge on any atom is 0.416 e. The number of aromatic amines is 1. The third kappa shape index (κ3) is 5.09. The number of amides is 1. The van der Waals surface area contributed by atoms with E-state index in [4.69, 9.17) is 0 Å². The Labute approximate surface area is 224 Å². The first kappa shape index (κ1) is 26.8. The lowest BCUT2D eigenvalue weighted by Gasteiger charge is -2.15. The van der Waals surface area contributed by atoms with E-state index in [9.17, 15) is 27.2 Å². The fourth-order valence-corrected chi connectivity index (χ4v) is 4.57. The van der Waals surface area contributed by atoms with Crippen molar-refractivity contribution >= 4 is 22.6 Å². The highest BCUT2D eigenvalue weighted by Crippen LogP contribution is 2.41. The van der Waals surface area contributed by atoms with Gasteiger partial charge in [-0.1, -0.05) is 25.1 Å². The summed E-state index contributed by atoms with van der Waals surface area (Å²) in [6.45, 7) is 1.44. The molecule has 0 saturated carbocycles. The zero-order valence-electron chi connectivity index (χ0n) is 20.9. The normalized spacial score (nSPS) is 11.7. The second kappa shape index (κ2) is 10.4. The van der Waals surface area contributed by atoms with Gasteiger partial charge in [-0.15, -0.1) is 0 Å². The fourth-order valence-electron chi connectivity index (χ4n) is 4.57. The van der Waals surface area contributed by atoms with Gasteiger partial charge in [0.05, 0.1) is 28.7 Å². The summed E-state index contributed by atoms with van der Waals surface area (Å²) in [7, 11) is 0. The minimum absolute atomic E-state index is 0.0503.